The lowest BCUT2D eigenvalue weighted by Gasteiger charge is -2.37. The van der Waals surface area contributed by atoms with Gasteiger partial charge in [0.15, 0.2) is 0 Å². The number of hydrogen-bond acceptors (Lipinski definition) is 6. The van der Waals surface area contributed by atoms with E-state index in [2.05, 4.69) is 15.3 Å². The lowest BCUT2D eigenvalue weighted by molar-refractivity contribution is -0.176. The number of halogens is 3. The highest BCUT2D eigenvalue weighted by Gasteiger charge is 2.70. The largest absolute Gasteiger partial charge is 0.471 e. The van der Waals surface area contributed by atoms with E-state index >= 15 is 0 Å². The molecule has 0 bridgehead atoms. The number of hydrogen-bond donors (Lipinski definition) is 3. The summed E-state index contributed by atoms with van der Waals surface area (Å²) in [5.74, 6) is -4.06. The molecule has 2 aromatic heterocycles. The number of nitrogens with one attached hydrogen (secondary N) is 3. The normalized spacial score (nSPS) is 23.1. The Hall–Kier alpha value is -3.95. The molecule has 3 amide bonds. The summed E-state index contributed by atoms with van der Waals surface area (Å²) in [4.78, 5) is 59.4. The molecule has 40 heavy (non-hydrogen) atoms. The van der Waals surface area contributed by atoms with E-state index in [1.54, 1.807) is 23.6 Å². The minimum Gasteiger partial charge on any atom is -0.338 e. The molecule has 2 fully saturated rings. The maximum atomic E-state index is 13.6. The van der Waals surface area contributed by atoms with E-state index in [0.29, 0.717) is 10.9 Å². The number of piperidine rings is 1. The Morgan fingerprint density at radius 2 is 1.93 bits per heavy atom. The topological polar surface area (TPSA) is 148 Å². The van der Waals surface area contributed by atoms with Crippen LogP contribution in [-0.4, -0.2) is 63.4 Å². The lowest BCUT2D eigenvalue weighted by atomic mass is 9.85. The summed E-state index contributed by atoms with van der Waals surface area (Å²) >= 11 is 0. The van der Waals surface area contributed by atoms with Crippen molar-refractivity contribution < 1.29 is 27.6 Å². The second kappa shape index (κ2) is 9.91. The molecule has 1 aliphatic heterocycles. The summed E-state index contributed by atoms with van der Waals surface area (Å²) in [6.45, 7) is 8.54. The lowest BCUT2D eigenvalue weighted by Crippen LogP contribution is -2.61. The van der Waals surface area contributed by atoms with Crippen molar-refractivity contribution in [2.75, 3.05) is 6.54 Å². The number of carbonyl (C=O) groups is 3. The number of fused-ring (bicyclic) bond motifs is 2. The van der Waals surface area contributed by atoms with Crippen molar-refractivity contribution >= 4 is 28.6 Å². The molecule has 214 valence electrons. The molecule has 1 saturated carbocycles. The van der Waals surface area contributed by atoms with Crippen LogP contribution in [0.15, 0.2) is 29.3 Å². The Balaban J connectivity index is 1.57. The van der Waals surface area contributed by atoms with Gasteiger partial charge in [0.05, 0.1) is 11.6 Å². The monoisotopic (exact) mass is 560 g/mol. The highest BCUT2D eigenvalue weighted by Crippen LogP contribution is 2.65. The fourth-order valence-electron chi connectivity index (χ4n) is 5.69. The van der Waals surface area contributed by atoms with Crippen LogP contribution in [0.1, 0.15) is 40.2 Å². The first-order chi connectivity index (χ1) is 18.5. The summed E-state index contributed by atoms with van der Waals surface area (Å²) in [5, 5.41) is 14.9. The van der Waals surface area contributed by atoms with Crippen LogP contribution in [-0.2, 0) is 20.8 Å². The van der Waals surface area contributed by atoms with Crippen LogP contribution in [0, 0.1) is 34.0 Å². The zero-order valence-corrected chi connectivity index (χ0v) is 22.7. The van der Waals surface area contributed by atoms with Crippen molar-refractivity contribution in [2.24, 2.45) is 22.7 Å². The summed E-state index contributed by atoms with van der Waals surface area (Å²) in [7, 11) is 0. The van der Waals surface area contributed by atoms with Gasteiger partial charge in [0.2, 0.25) is 11.8 Å². The quantitative estimate of drug-likeness (QED) is 0.493. The van der Waals surface area contributed by atoms with E-state index in [0.717, 1.165) is 0 Å². The number of H-pyrrole nitrogens is 1. The summed E-state index contributed by atoms with van der Waals surface area (Å²) in [6, 6.07) is 1.46. The van der Waals surface area contributed by atoms with Gasteiger partial charge in [0, 0.05) is 36.3 Å². The maximum absolute atomic E-state index is 13.6. The third kappa shape index (κ3) is 5.39. The fourth-order valence-corrected chi connectivity index (χ4v) is 5.69. The van der Waals surface area contributed by atoms with Crippen LogP contribution < -0.4 is 16.2 Å². The molecular weight excluding hydrogens is 529 g/mol. The molecule has 13 heteroatoms. The molecule has 1 saturated heterocycles. The molecule has 5 atom stereocenters. The van der Waals surface area contributed by atoms with Crippen LogP contribution in [0.4, 0.5) is 13.2 Å². The first-order valence-electron chi connectivity index (χ1n) is 12.8. The number of amides is 3. The number of rotatable bonds is 6. The van der Waals surface area contributed by atoms with Crippen molar-refractivity contribution in [1.29, 1.82) is 5.26 Å². The molecule has 0 radical (unpaired) electrons. The molecule has 0 unspecified atom stereocenters. The van der Waals surface area contributed by atoms with Gasteiger partial charge in [-0.2, -0.15) is 18.4 Å². The molecule has 3 heterocycles. The van der Waals surface area contributed by atoms with Crippen molar-refractivity contribution in [2.45, 2.75) is 65.3 Å². The van der Waals surface area contributed by atoms with E-state index < -0.39 is 53.0 Å². The van der Waals surface area contributed by atoms with Gasteiger partial charge in [-0.25, -0.2) is 0 Å². The van der Waals surface area contributed by atoms with Gasteiger partial charge >= 0.3 is 12.1 Å². The first kappa shape index (κ1) is 29.0. The molecular formula is C27H31F3N6O4. The Labute approximate surface area is 228 Å². The zero-order chi connectivity index (χ0) is 29.8. The van der Waals surface area contributed by atoms with Crippen LogP contribution in [0.2, 0.25) is 0 Å². The number of alkyl halides is 3. The smallest absolute Gasteiger partial charge is 0.338 e. The molecule has 2 aromatic rings. The third-order valence-corrected chi connectivity index (χ3v) is 8.02. The standard InChI is InChI=1S/C27H31F3N6O4/c1-25(2,3)20(35-24(40)27(28,29)30)23(39)36-12-16-18(26(16,4)5)19(36)22(38)33-15(10-31)9-13-8-14-11-32-7-6-17(14)34-21(13)37/h6-8,11,15-16,18-20H,9,12H2,1-5H3,(H,33,38)(H,34,37)(H,35,40)/t15-,16+,18+,19+,20-/m1/s1. The maximum Gasteiger partial charge on any atom is 0.471 e. The van der Waals surface area contributed by atoms with Gasteiger partial charge in [-0.1, -0.05) is 34.6 Å². The summed E-state index contributed by atoms with van der Waals surface area (Å²) < 4.78 is 39.1. The predicted molar refractivity (Wildman–Crippen MR) is 137 cm³/mol. The fraction of sp³-hybridized carbons (Fsp3) is 0.556. The van der Waals surface area contributed by atoms with Gasteiger partial charge < -0.3 is 20.5 Å². The van der Waals surface area contributed by atoms with Gasteiger partial charge in [-0.3, -0.25) is 24.2 Å². The van der Waals surface area contributed by atoms with Crippen molar-refractivity contribution in [3.8, 4) is 6.07 Å². The van der Waals surface area contributed by atoms with Gasteiger partial charge in [-0.15, -0.1) is 0 Å². The SMILES string of the molecule is CC(C)(C)[C@H](NC(=O)C(F)(F)F)C(=O)N1C[C@H]2[C@@H]([C@H]1C(=O)N[C@@H](C#N)Cc1cc3cnccc3[nH]c1=O)C2(C)C. The van der Waals surface area contributed by atoms with Crippen molar-refractivity contribution in [1.82, 2.24) is 25.5 Å². The van der Waals surface area contributed by atoms with E-state index in [-0.39, 0.29) is 35.8 Å². The second-order valence-electron chi connectivity index (χ2n) is 12.1. The van der Waals surface area contributed by atoms with Crippen LogP contribution >= 0.6 is 0 Å². The molecule has 0 aromatic carbocycles. The Morgan fingerprint density at radius 1 is 1.25 bits per heavy atom. The molecule has 3 N–H and O–H groups in total. The van der Waals surface area contributed by atoms with Crippen LogP contribution in [0.3, 0.4) is 0 Å². The molecule has 10 nitrogen and oxygen atoms in total. The number of aromatic amines is 1. The zero-order valence-electron chi connectivity index (χ0n) is 22.7. The molecule has 4 rings (SSSR count). The third-order valence-electron chi connectivity index (χ3n) is 8.02. The minimum absolute atomic E-state index is 0.0810. The highest BCUT2D eigenvalue weighted by atomic mass is 19.4. The average molecular weight is 561 g/mol. The number of nitrogens with zero attached hydrogens (tertiary/aromatic N) is 3. The number of nitriles is 1. The van der Waals surface area contributed by atoms with E-state index in [1.165, 1.54) is 31.9 Å². The number of carbonyl (C=O) groups excluding carboxylic acids is 3. The van der Waals surface area contributed by atoms with Crippen molar-refractivity contribution in [3.63, 3.8) is 0 Å². The predicted octanol–water partition coefficient (Wildman–Crippen LogP) is 2.05. The number of pyridine rings is 2. The first-order valence-corrected chi connectivity index (χ1v) is 12.8. The number of aromatic nitrogens is 2. The molecule has 2 aliphatic rings. The molecule has 0 spiro atoms. The van der Waals surface area contributed by atoms with Crippen LogP contribution in [0.25, 0.3) is 10.9 Å². The van der Waals surface area contributed by atoms with Crippen molar-refractivity contribution in [3.05, 3.63) is 40.4 Å². The second-order valence-corrected chi connectivity index (χ2v) is 12.1. The summed E-state index contributed by atoms with van der Waals surface area (Å²) in [5.41, 5.74) is -1.02. The average Bonchev–Trinajstić information content (AvgIpc) is 3.18. The Morgan fingerprint density at radius 3 is 2.52 bits per heavy atom. The van der Waals surface area contributed by atoms with Gasteiger partial charge in [0.25, 0.3) is 5.56 Å². The molecule has 1 aliphatic carbocycles. The van der Waals surface area contributed by atoms with E-state index in [1.807, 2.05) is 19.9 Å². The Kier molecular flexibility index (Phi) is 7.19. The summed E-state index contributed by atoms with van der Waals surface area (Å²) in [6.07, 6.45) is -2.23. The van der Waals surface area contributed by atoms with E-state index in [9.17, 15) is 37.6 Å². The minimum atomic E-state index is -5.19. The van der Waals surface area contributed by atoms with Gasteiger partial charge in [-0.05, 0) is 34.8 Å². The van der Waals surface area contributed by atoms with Gasteiger partial charge in [0.1, 0.15) is 18.1 Å². The Bertz CT molecular complexity index is 1460. The number of likely N-dealkylation sites (tertiary alicyclic amines) is 1. The highest BCUT2D eigenvalue weighted by molar-refractivity contribution is 5.95. The van der Waals surface area contributed by atoms with E-state index in [4.69, 9.17) is 0 Å². The van der Waals surface area contributed by atoms with Crippen LogP contribution in [0.5, 0.6) is 0 Å².